The molecule has 0 aliphatic carbocycles. The van der Waals surface area contributed by atoms with Crippen molar-refractivity contribution >= 4 is 49.0 Å². The first kappa shape index (κ1) is 18.5. The van der Waals surface area contributed by atoms with Gasteiger partial charge >= 0.3 is 0 Å². The minimum Gasteiger partial charge on any atom is -0.310 e. The van der Waals surface area contributed by atoms with E-state index in [-0.39, 0.29) is 18.4 Å². The van der Waals surface area contributed by atoms with Crippen molar-refractivity contribution in [2.45, 2.75) is 24.0 Å². The summed E-state index contributed by atoms with van der Waals surface area (Å²) in [6, 6.07) is 8.71. The molecule has 9 heteroatoms. The lowest BCUT2D eigenvalue weighted by Crippen LogP contribution is -2.43. The number of thiophene rings is 1. The number of piperidine rings is 1. The van der Waals surface area contributed by atoms with Crippen LogP contribution < -0.4 is 5.32 Å². The molecule has 1 N–H and O–H groups in total. The zero-order valence-electron chi connectivity index (χ0n) is 13.6. The maximum atomic E-state index is 12.7. The van der Waals surface area contributed by atoms with Gasteiger partial charge in [-0.1, -0.05) is 6.07 Å². The molecule has 1 aliphatic heterocycles. The molecule has 3 heterocycles. The van der Waals surface area contributed by atoms with E-state index >= 15 is 0 Å². The molecule has 2 aromatic rings. The predicted octanol–water partition coefficient (Wildman–Crippen LogP) is 3.25. The van der Waals surface area contributed by atoms with E-state index in [1.165, 1.54) is 15.6 Å². The van der Waals surface area contributed by atoms with Crippen LogP contribution in [0.15, 0.2) is 38.3 Å². The number of hydrogen-bond acceptors (Lipinski definition) is 5. The second kappa shape index (κ2) is 7.53. The Labute approximate surface area is 159 Å². The lowest BCUT2D eigenvalue weighted by atomic mass is 9.99. The fraction of sp³-hybridized carbons (Fsp3) is 0.375. The van der Waals surface area contributed by atoms with Gasteiger partial charge in [-0.3, -0.25) is 4.79 Å². The standard InChI is InChI=1S/C16H18BrN3O3S2/c1-11-4-2-6-14(18-11)19-16(21)12-5-3-9-20(10-12)25(22,23)15-8-7-13(17)24-15/h2,4,6-8,12H,3,5,9-10H2,1H3,(H,18,19,21)/t12-/m0/s1. The van der Waals surface area contributed by atoms with Crippen LogP contribution in [-0.4, -0.2) is 36.7 Å². The number of aromatic nitrogens is 1. The van der Waals surface area contributed by atoms with Crippen LogP contribution in [0.25, 0.3) is 0 Å². The second-order valence-corrected chi connectivity index (χ2v) is 10.5. The molecule has 134 valence electrons. The molecule has 6 nitrogen and oxygen atoms in total. The molecular weight excluding hydrogens is 426 g/mol. The number of aryl methyl sites for hydroxylation is 1. The fourth-order valence-electron chi connectivity index (χ4n) is 2.78. The first-order valence-electron chi connectivity index (χ1n) is 7.86. The highest BCUT2D eigenvalue weighted by Gasteiger charge is 2.34. The number of halogens is 1. The number of pyridine rings is 1. The van der Waals surface area contributed by atoms with Gasteiger partial charge in [0.25, 0.3) is 10.0 Å². The quantitative estimate of drug-likeness (QED) is 0.785. The third kappa shape index (κ3) is 4.28. The number of rotatable bonds is 4. The maximum Gasteiger partial charge on any atom is 0.252 e. The molecule has 1 aliphatic rings. The van der Waals surface area contributed by atoms with E-state index in [0.717, 1.165) is 9.48 Å². The lowest BCUT2D eigenvalue weighted by Gasteiger charge is -2.30. The van der Waals surface area contributed by atoms with Crippen LogP contribution in [0, 0.1) is 12.8 Å². The second-order valence-electron chi connectivity index (χ2n) is 5.91. The number of sulfonamides is 1. The number of nitrogens with one attached hydrogen (secondary N) is 1. The molecule has 3 rings (SSSR count). The number of carbonyl (C=O) groups excluding carboxylic acids is 1. The van der Waals surface area contributed by atoms with Crippen LogP contribution in [0.5, 0.6) is 0 Å². The van der Waals surface area contributed by atoms with Gasteiger partial charge in [-0.25, -0.2) is 13.4 Å². The predicted molar refractivity (Wildman–Crippen MR) is 101 cm³/mol. The molecule has 0 unspecified atom stereocenters. The summed E-state index contributed by atoms with van der Waals surface area (Å²) in [5, 5.41) is 2.79. The minimum absolute atomic E-state index is 0.189. The Hall–Kier alpha value is -1.29. The van der Waals surface area contributed by atoms with Crippen LogP contribution >= 0.6 is 27.3 Å². The Kier molecular flexibility index (Phi) is 5.57. The first-order chi connectivity index (χ1) is 11.9. The van der Waals surface area contributed by atoms with Crippen molar-refractivity contribution in [3.63, 3.8) is 0 Å². The minimum atomic E-state index is -3.56. The van der Waals surface area contributed by atoms with Gasteiger partial charge in [0.2, 0.25) is 5.91 Å². The number of anilines is 1. The SMILES string of the molecule is Cc1cccc(NC(=O)[C@H]2CCCN(S(=O)(=O)c3ccc(Br)s3)C2)n1. The van der Waals surface area contributed by atoms with Gasteiger partial charge in [-0.05, 0) is 60.0 Å². The summed E-state index contributed by atoms with van der Waals surface area (Å²) in [4.78, 5) is 16.8. The molecule has 0 radical (unpaired) electrons. The Morgan fingerprint density at radius 2 is 2.16 bits per heavy atom. The zero-order chi connectivity index (χ0) is 18.0. The Balaban J connectivity index is 1.71. The van der Waals surface area contributed by atoms with Crippen molar-refractivity contribution in [2.24, 2.45) is 5.92 Å². The van der Waals surface area contributed by atoms with Crippen molar-refractivity contribution in [2.75, 3.05) is 18.4 Å². The van der Waals surface area contributed by atoms with Gasteiger partial charge in [0.05, 0.1) is 9.70 Å². The third-order valence-electron chi connectivity index (χ3n) is 4.04. The molecule has 0 spiro atoms. The van der Waals surface area contributed by atoms with E-state index < -0.39 is 10.0 Å². The summed E-state index contributed by atoms with van der Waals surface area (Å²) in [5.41, 5.74) is 0.814. The van der Waals surface area contributed by atoms with Crippen molar-refractivity contribution in [1.82, 2.24) is 9.29 Å². The van der Waals surface area contributed by atoms with Gasteiger partial charge in [0.15, 0.2) is 0 Å². The van der Waals surface area contributed by atoms with E-state index in [4.69, 9.17) is 0 Å². The molecular formula is C16H18BrN3O3S2. The average molecular weight is 444 g/mol. The van der Waals surface area contributed by atoms with Crippen LogP contribution in [-0.2, 0) is 14.8 Å². The summed E-state index contributed by atoms with van der Waals surface area (Å²) in [6.45, 7) is 2.48. The molecule has 1 fully saturated rings. The number of hydrogen-bond donors (Lipinski definition) is 1. The highest BCUT2D eigenvalue weighted by molar-refractivity contribution is 9.11. The van der Waals surface area contributed by atoms with Crippen LogP contribution in [0.3, 0.4) is 0 Å². The molecule has 2 aromatic heterocycles. The van der Waals surface area contributed by atoms with Gasteiger partial charge in [0.1, 0.15) is 10.0 Å². The van der Waals surface area contributed by atoms with Gasteiger partial charge in [-0.15, -0.1) is 11.3 Å². The van der Waals surface area contributed by atoms with E-state index in [1.54, 1.807) is 18.2 Å². The maximum absolute atomic E-state index is 12.7. The highest BCUT2D eigenvalue weighted by atomic mass is 79.9. The summed E-state index contributed by atoms with van der Waals surface area (Å²) < 4.78 is 28.0. The molecule has 25 heavy (non-hydrogen) atoms. The molecule has 0 aromatic carbocycles. The normalized spacial score (nSPS) is 18.9. The van der Waals surface area contributed by atoms with Crippen LogP contribution in [0.2, 0.25) is 0 Å². The average Bonchev–Trinajstić information content (AvgIpc) is 3.02. The van der Waals surface area contributed by atoms with Gasteiger partial charge in [-0.2, -0.15) is 4.31 Å². The van der Waals surface area contributed by atoms with Crippen LogP contribution in [0.4, 0.5) is 5.82 Å². The Bertz CT molecular complexity index is 882. The first-order valence-corrected chi connectivity index (χ1v) is 10.9. The van der Waals surface area contributed by atoms with E-state index in [1.807, 2.05) is 19.1 Å². The van der Waals surface area contributed by atoms with Crippen LogP contribution in [0.1, 0.15) is 18.5 Å². The van der Waals surface area contributed by atoms with E-state index in [0.29, 0.717) is 29.4 Å². The molecule has 0 saturated carbocycles. The number of amides is 1. The summed E-state index contributed by atoms with van der Waals surface area (Å²) >= 11 is 4.47. The Morgan fingerprint density at radius 1 is 1.36 bits per heavy atom. The topological polar surface area (TPSA) is 79.4 Å². The zero-order valence-corrected chi connectivity index (χ0v) is 16.8. The largest absolute Gasteiger partial charge is 0.310 e. The van der Waals surface area contributed by atoms with Gasteiger partial charge in [0, 0.05) is 18.8 Å². The summed E-state index contributed by atoms with van der Waals surface area (Å²) in [6.07, 6.45) is 1.32. The monoisotopic (exact) mass is 443 g/mol. The van der Waals surface area contributed by atoms with E-state index in [9.17, 15) is 13.2 Å². The van der Waals surface area contributed by atoms with Gasteiger partial charge < -0.3 is 5.32 Å². The number of carbonyl (C=O) groups is 1. The summed E-state index contributed by atoms with van der Waals surface area (Å²) in [7, 11) is -3.56. The van der Waals surface area contributed by atoms with Crippen molar-refractivity contribution in [3.05, 3.63) is 39.8 Å². The highest BCUT2D eigenvalue weighted by Crippen LogP contribution is 2.31. The van der Waals surface area contributed by atoms with Crippen molar-refractivity contribution in [1.29, 1.82) is 0 Å². The lowest BCUT2D eigenvalue weighted by molar-refractivity contribution is -0.120. The molecule has 1 atom stereocenters. The Morgan fingerprint density at radius 3 is 2.84 bits per heavy atom. The molecule has 1 amide bonds. The summed E-state index contributed by atoms with van der Waals surface area (Å²) in [5.74, 6) is -0.0771. The molecule has 1 saturated heterocycles. The van der Waals surface area contributed by atoms with E-state index in [2.05, 4.69) is 26.2 Å². The smallest absolute Gasteiger partial charge is 0.252 e. The third-order valence-corrected chi connectivity index (χ3v) is 7.99. The van der Waals surface area contributed by atoms with Crippen molar-refractivity contribution < 1.29 is 13.2 Å². The molecule has 0 bridgehead atoms. The fourth-order valence-corrected chi connectivity index (χ4v) is 6.47. The number of nitrogens with zero attached hydrogens (tertiary/aromatic N) is 2. The van der Waals surface area contributed by atoms with Crippen molar-refractivity contribution in [3.8, 4) is 0 Å².